The molecule has 0 spiro atoms. The highest BCUT2D eigenvalue weighted by atomic mass is 79.9. The Morgan fingerprint density at radius 1 is 1.55 bits per heavy atom. The molecule has 20 heavy (non-hydrogen) atoms. The summed E-state index contributed by atoms with van der Waals surface area (Å²) in [6.07, 6.45) is 4.88. The van der Waals surface area contributed by atoms with Gasteiger partial charge in [0, 0.05) is 10.9 Å². The summed E-state index contributed by atoms with van der Waals surface area (Å²) in [4.78, 5) is 14.4. The number of thiophene rings is 1. The van der Waals surface area contributed by atoms with E-state index in [2.05, 4.69) is 32.5 Å². The van der Waals surface area contributed by atoms with Crippen molar-refractivity contribution in [3.63, 3.8) is 0 Å². The summed E-state index contributed by atoms with van der Waals surface area (Å²) in [5, 5.41) is 6.43. The number of hydrogen-bond acceptors (Lipinski definition) is 3. The van der Waals surface area contributed by atoms with Crippen LogP contribution in [0.2, 0.25) is 0 Å². The van der Waals surface area contributed by atoms with E-state index >= 15 is 0 Å². The molecule has 1 unspecified atom stereocenters. The molecule has 2 heterocycles. The van der Waals surface area contributed by atoms with Crippen LogP contribution in [0.3, 0.4) is 0 Å². The number of nitrogens with zero attached hydrogens (tertiary/aromatic N) is 2. The van der Waals surface area contributed by atoms with E-state index in [0.717, 1.165) is 23.7 Å². The van der Waals surface area contributed by atoms with Crippen LogP contribution in [-0.4, -0.2) is 15.6 Å². The Kier molecular flexibility index (Phi) is 3.82. The van der Waals surface area contributed by atoms with Crippen molar-refractivity contribution < 1.29 is 4.79 Å². The Labute approximate surface area is 131 Å². The zero-order valence-electron chi connectivity index (χ0n) is 11.6. The highest BCUT2D eigenvalue weighted by Crippen LogP contribution is 2.38. The molecule has 2 aromatic heterocycles. The zero-order chi connectivity index (χ0) is 14.3. The summed E-state index contributed by atoms with van der Waals surface area (Å²) in [7, 11) is 0. The predicted octanol–water partition coefficient (Wildman–Crippen LogP) is 4.59. The maximum Gasteiger partial charge on any atom is 0.189 e. The molecule has 0 amide bonds. The fourth-order valence-electron chi connectivity index (χ4n) is 2.89. The molecule has 1 atom stereocenters. The fourth-order valence-corrected chi connectivity index (χ4v) is 4.34. The molecule has 0 N–H and O–H groups in total. The van der Waals surface area contributed by atoms with Crippen LogP contribution in [0, 0.1) is 0 Å². The van der Waals surface area contributed by atoms with Gasteiger partial charge in [-0.15, -0.1) is 11.3 Å². The number of carbonyl (C=O) groups excluding carboxylic acids is 1. The van der Waals surface area contributed by atoms with Crippen LogP contribution in [0.5, 0.6) is 0 Å². The van der Waals surface area contributed by atoms with Crippen LogP contribution in [-0.2, 0) is 6.42 Å². The molecule has 3 rings (SSSR count). The van der Waals surface area contributed by atoms with Gasteiger partial charge in [-0.2, -0.15) is 5.10 Å². The van der Waals surface area contributed by atoms with Gasteiger partial charge in [0.1, 0.15) is 5.69 Å². The van der Waals surface area contributed by atoms with E-state index < -0.39 is 0 Å². The average molecular weight is 353 g/mol. The lowest BCUT2D eigenvalue weighted by Gasteiger charge is -2.22. The van der Waals surface area contributed by atoms with Crippen molar-refractivity contribution >= 4 is 33.0 Å². The Morgan fingerprint density at radius 2 is 2.35 bits per heavy atom. The van der Waals surface area contributed by atoms with Crippen molar-refractivity contribution in [2.24, 2.45) is 0 Å². The predicted molar refractivity (Wildman–Crippen MR) is 84.6 cm³/mol. The second-order valence-electron chi connectivity index (χ2n) is 5.49. The van der Waals surface area contributed by atoms with E-state index in [4.69, 9.17) is 0 Å². The number of ketones is 1. The molecule has 0 bridgehead atoms. The maximum absolute atomic E-state index is 13.0. The summed E-state index contributed by atoms with van der Waals surface area (Å²) in [6, 6.07) is 2.30. The van der Waals surface area contributed by atoms with Crippen molar-refractivity contribution in [1.82, 2.24) is 9.78 Å². The molecular weight excluding hydrogens is 336 g/mol. The number of carbonyl (C=O) groups is 1. The minimum Gasteiger partial charge on any atom is -0.292 e. The lowest BCUT2D eigenvalue weighted by atomic mass is 9.83. The summed E-state index contributed by atoms with van der Waals surface area (Å²) in [6.45, 7) is 4.10. The van der Waals surface area contributed by atoms with Crippen molar-refractivity contribution in [3.8, 4) is 0 Å². The van der Waals surface area contributed by atoms with E-state index in [-0.39, 0.29) is 17.7 Å². The molecule has 5 heteroatoms. The topological polar surface area (TPSA) is 34.9 Å². The molecule has 0 fully saturated rings. The molecule has 2 aromatic rings. The molecule has 3 nitrogen and oxygen atoms in total. The van der Waals surface area contributed by atoms with Gasteiger partial charge in [-0.25, -0.2) is 0 Å². The summed E-state index contributed by atoms with van der Waals surface area (Å²) < 4.78 is 2.63. The Hall–Kier alpha value is -0.940. The maximum atomic E-state index is 13.0. The minimum atomic E-state index is -0.00417. The largest absolute Gasteiger partial charge is 0.292 e. The number of Topliss-reactive ketones (excluding diaryl/α,β-unsaturated/α-hetero) is 1. The quantitative estimate of drug-likeness (QED) is 0.757. The molecule has 0 saturated heterocycles. The van der Waals surface area contributed by atoms with Crippen LogP contribution in [0.1, 0.15) is 59.6 Å². The Morgan fingerprint density at radius 3 is 3.10 bits per heavy atom. The van der Waals surface area contributed by atoms with E-state index in [9.17, 15) is 4.79 Å². The number of aromatic nitrogens is 2. The number of halogens is 1. The van der Waals surface area contributed by atoms with Crippen LogP contribution < -0.4 is 0 Å². The van der Waals surface area contributed by atoms with Crippen molar-refractivity contribution in [3.05, 3.63) is 38.3 Å². The second kappa shape index (κ2) is 5.45. The molecule has 0 aromatic carbocycles. The fraction of sp³-hybridized carbons (Fsp3) is 0.467. The molecule has 1 aliphatic carbocycles. The Balaban J connectivity index is 2.01. The Bertz CT molecular complexity index is 644. The van der Waals surface area contributed by atoms with Crippen molar-refractivity contribution in [2.45, 2.75) is 45.1 Å². The monoisotopic (exact) mass is 352 g/mol. The second-order valence-corrected chi connectivity index (χ2v) is 7.34. The van der Waals surface area contributed by atoms with Gasteiger partial charge in [-0.05, 0) is 66.0 Å². The highest BCUT2D eigenvalue weighted by molar-refractivity contribution is 9.10. The average Bonchev–Trinajstić information content (AvgIpc) is 3.03. The van der Waals surface area contributed by atoms with Gasteiger partial charge in [0.05, 0.1) is 16.6 Å². The van der Waals surface area contributed by atoms with Gasteiger partial charge in [-0.3, -0.25) is 9.48 Å². The number of fused-ring (bicyclic) bond motifs is 1. The lowest BCUT2D eigenvalue weighted by Crippen LogP contribution is -2.22. The molecule has 1 aliphatic rings. The van der Waals surface area contributed by atoms with Crippen LogP contribution in [0.15, 0.2) is 22.1 Å². The highest BCUT2D eigenvalue weighted by Gasteiger charge is 2.31. The molecule has 0 saturated carbocycles. The molecular formula is C15H17BrN2OS. The molecule has 0 radical (unpaired) electrons. The number of hydrogen-bond donors (Lipinski definition) is 0. The van der Waals surface area contributed by atoms with Crippen molar-refractivity contribution in [2.75, 3.05) is 0 Å². The SMILES string of the molecule is CC(C)n1ncc(Br)c1C(=O)C1CCCc2sccc21. The summed E-state index contributed by atoms with van der Waals surface area (Å²) >= 11 is 5.25. The first-order valence-electron chi connectivity index (χ1n) is 6.93. The first-order chi connectivity index (χ1) is 9.59. The van der Waals surface area contributed by atoms with Gasteiger partial charge in [0.2, 0.25) is 0 Å². The van der Waals surface area contributed by atoms with Crippen molar-refractivity contribution in [1.29, 1.82) is 0 Å². The van der Waals surface area contributed by atoms with Crippen LogP contribution in [0.4, 0.5) is 0 Å². The van der Waals surface area contributed by atoms with E-state index in [1.165, 1.54) is 10.4 Å². The van der Waals surface area contributed by atoms with Gasteiger partial charge in [0.15, 0.2) is 5.78 Å². The standard InChI is InChI=1S/C15H17BrN2OS/c1-9(2)18-14(12(16)8-17-18)15(19)11-4-3-5-13-10(11)6-7-20-13/h6-9,11H,3-5H2,1-2H3. The van der Waals surface area contributed by atoms with Gasteiger partial charge in [0.25, 0.3) is 0 Å². The van der Waals surface area contributed by atoms with E-state index in [0.29, 0.717) is 5.69 Å². The van der Waals surface area contributed by atoms with Crippen LogP contribution in [0.25, 0.3) is 0 Å². The first kappa shape index (κ1) is 14.0. The summed E-state index contributed by atoms with van der Waals surface area (Å²) in [5.74, 6) is 0.193. The van der Waals surface area contributed by atoms with E-state index in [1.807, 2.05) is 18.5 Å². The van der Waals surface area contributed by atoms with Gasteiger partial charge >= 0.3 is 0 Å². The smallest absolute Gasteiger partial charge is 0.189 e. The third-order valence-electron chi connectivity index (χ3n) is 3.84. The third kappa shape index (κ3) is 2.27. The van der Waals surface area contributed by atoms with Crippen LogP contribution >= 0.6 is 27.3 Å². The lowest BCUT2D eigenvalue weighted by molar-refractivity contribution is 0.0938. The number of aryl methyl sites for hydroxylation is 1. The first-order valence-corrected chi connectivity index (χ1v) is 8.60. The zero-order valence-corrected chi connectivity index (χ0v) is 14.0. The van der Waals surface area contributed by atoms with E-state index in [1.54, 1.807) is 17.5 Å². The van der Waals surface area contributed by atoms with Gasteiger partial charge < -0.3 is 0 Å². The molecule has 0 aliphatic heterocycles. The third-order valence-corrected chi connectivity index (χ3v) is 5.42. The number of rotatable bonds is 3. The molecule has 106 valence electrons. The van der Waals surface area contributed by atoms with Gasteiger partial charge in [-0.1, -0.05) is 0 Å². The normalized spacial score (nSPS) is 18.3. The summed E-state index contributed by atoms with van der Waals surface area (Å²) in [5.41, 5.74) is 1.94. The minimum absolute atomic E-state index is 0.00417.